The highest BCUT2D eigenvalue weighted by atomic mass is 127. The minimum atomic E-state index is -0.0743. The second kappa shape index (κ2) is 7.77. The second-order valence-corrected chi connectivity index (χ2v) is 7.05. The molecule has 0 unspecified atom stereocenters. The van der Waals surface area contributed by atoms with Crippen LogP contribution in [0.15, 0.2) is 47.0 Å². The van der Waals surface area contributed by atoms with Gasteiger partial charge in [0.05, 0.1) is 0 Å². The van der Waals surface area contributed by atoms with Crippen molar-refractivity contribution in [1.82, 2.24) is 10.1 Å². The fraction of sp³-hybridized carbons (Fsp3) is 0.211. The lowest BCUT2D eigenvalue weighted by Gasteiger charge is -2.06. The third kappa shape index (κ3) is 4.66. The van der Waals surface area contributed by atoms with E-state index in [1.807, 2.05) is 56.3 Å². The molecule has 0 aliphatic carbocycles. The maximum absolute atomic E-state index is 12.1. The van der Waals surface area contributed by atoms with Crippen molar-refractivity contribution in [3.63, 3.8) is 0 Å². The number of halogens is 1. The lowest BCUT2D eigenvalue weighted by atomic mass is 10.1. The quantitative estimate of drug-likeness (QED) is 0.584. The molecule has 6 heteroatoms. The zero-order valence-corrected chi connectivity index (χ0v) is 16.2. The first kappa shape index (κ1) is 17.6. The van der Waals surface area contributed by atoms with Crippen molar-refractivity contribution in [2.45, 2.75) is 26.7 Å². The van der Waals surface area contributed by atoms with Crippen LogP contribution in [-0.4, -0.2) is 16.0 Å². The van der Waals surface area contributed by atoms with E-state index in [1.165, 1.54) is 11.1 Å². The number of aryl methyl sites for hydroxylation is 3. The predicted molar refractivity (Wildman–Crippen MR) is 105 cm³/mol. The number of aromatic nitrogens is 2. The lowest BCUT2D eigenvalue weighted by molar-refractivity contribution is -0.116. The van der Waals surface area contributed by atoms with Gasteiger partial charge in [0.2, 0.25) is 17.6 Å². The van der Waals surface area contributed by atoms with Crippen molar-refractivity contribution in [1.29, 1.82) is 0 Å². The minimum Gasteiger partial charge on any atom is -0.339 e. The van der Waals surface area contributed by atoms with Crippen LogP contribution in [0.3, 0.4) is 0 Å². The van der Waals surface area contributed by atoms with Gasteiger partial charge in [-0.05, 0) is 54.1 Å². The van der Waals surface area contributed by atoms with E-state index in [4.69, 9.17) is 4.52 Å². The summed E-state index contributed by atoms with van der Waals surface area (Å²) in [5.74, 6) is 0.933. The van der Waals surface area contributed by atoms with E-state index in [1.54, 1.807) is 0 Å². The van der Waals surface area contributed by atoms with Gasteiger partial charge in [-0.15, -0.1) is 0 Å². The summed E-state index contributed by atoms with van der Waals surface area (Å²) in [6, 6.07) is 13.8. The molecule has 1 heterocycles. The van der Waals surface area contributed by atoms with Crippen molar-refractivity contribution in [2.75, 3.05) is 5.32 Å². The fourth-order valence-electron chi connectivity index (χ4n) is 2.29. The van der Waals surface area contributed by atoms with E-state index < -0.39 is 0 Å². The molecule has 1 N–H and O–H groups in total. The van der Waals surface area contributed by atoms with E-state index in [9.17, 15) is 4.79 Å². The summed E-state index contributed by atoms with van der Waals surface area (Å²) < 4.78 is 6.36. The molecular weight excluding hydrogens is 429 g/mol. The summed E-state index contributed by atoms with van der Waals surface area (Å²) in [6.45, 7) is 4.06. The zero-order valence-electron chi connectivity index (χ0n) is 14.0. The number of rotatable bonds is 5. The summed E-state index contributed by atoms with van der Waals surface area (Å²) in [5, 5.41) is 6.87. The van der Waals surface area contributed by atoms with Crippen molar-refractivity contribution < 1.29 is 9.32 Å². The predicted octanol–water partition coefficient (Wildman–Crippen LogP) is 4.53. The van der Waals surface area contributed by atoms with Gasteiger partial charge in [0.1, 0.15) is 0 Å². The van der Waals surface area contributed by atoms with Crippen LogP contribution in [0.1, 0.15) is 23.4 Å². The Balaban J connectivity index is 1.57. The van der Waals surface area contributed by atoms with Gasteiger partial charge in [0.25, 0.3) is 0 Å². The van der Waals surface area contributed by atoms with Gasteiger partial charge < -0.3 is 9.84 Å². The molecule has 0 spiro atoms. The molecule has 0 aliphatic rings. The minimum absolute atomic E-state index is 0.0743. The first-order valence-electron chi connectivity index (χ1n) is 7.97. The Kier molecular flexibility index (Phi) is 5.47. The molecular formula is C19H18IN3O2. The highest BCUT2D eigenvalue weighted by Gasteiger charge is 2.11. The van der Waals surface area contributed by atoms with Crippen LogP contribution in [0.4, 0.5) is 5.69 Å². The van der Waals surface area contributed by atoms with E-state index >= 15 is 0 Å². The number of nitrogens with zero attached hydrogens (tertiary/aromatic N) is 2. The first-order chi connectivity index (χ1) is 12.0. The van der Waals surface area contributed by atoms with Crippen LogP contribution in [0.2, 0.25) is 0 Å². The number of hydrogen-bond acceptors (Lipinski definition) is 4. The Morgan fingerprint density at radius 3 is 2.64 bits per heavy atom. The molecule has 128 valence electrons. The molecule has 1 aromatic heterocycles. The SMILES string of the molecule is Cc1ccc(-c2noc(CCC(=O)Nc3ccc(C)c(I)c3)n2)cc1. The molecule has 0 radical (unpaired) electrons. The smallest absolute Gasteiger partial charge is 0.227 e. The number of anilines is 1. The Morgan fingerprint density at radius 1 is 1.16 bits per heavy atom. The summed E-state index contributed by atoms with van der Waals surface area (Å²) in [6.07, 6.45) is 0.702. The highest BCUT2D eigenvalue weighted by Crippen LogP contribution is 2.18. The van der Waals surface area contributed by atoms with Crippen LogP contribution in [0, 0.1) is 17.4 Å². The van der Waals surface area contributed by atoms with Gasteiger partial charge in [-0.3, -0.25) is 4.79 Å². The van der Waals surface area contributed by atoms with Gasteiger partial charge in [-0.25, -0.2) is 0 Å². The van der Waals surface area contributed by atoms with E-state index in [0.717, 1.165) is 14.8 Å². The van der Waals surface area contributed by atoms with Gasteiger partial charge in [0.15, 0.2) is 0 Å². The molecule has 3 aromatic rings. The fourth-order valence-corrected chi connectivity index (χ4v) is 2.81. The van der Waals surface area contributed by atoms with Crippen LogP contribution in [0.5, 0.6) is 0 Å². The van der Waals surface area contributed by atoms with Gasteiger partial charge in [-0.1, -0.05) is 41.1 Å². The average molecular weight is 447 g/mol. The number of amides is 1. The zero-order chi connectivity index (χ0) is 17.8. The Hall–Kier alpha value is -2.22. The molecule has 2 aromatic carbocycles. The number of carbonyl (C=O) groups is 1. The topological polar surface area (TPSA) is 68.0 Å². The van der Waals surface area contributed by atoms with Crippen molar-refractivity contribution >= 4 is 34.2 Å². The normalized spacial score (nSPS) is 10.7. The van der Waals surface area contributed by atoms with Crippen LogP contribution >= 0.6 is 22.6 Å². The van der Waals surface area contributed by atoms with E-state index in [0.29, 0.717) is 24.6 Å². The number of carbonyl (C=O) groups excluding carboxylic acids is 1. The summed E-state index contributed by atoms with van der Waals surface area (Å²) in [4.78, 5) is 16.4. The second-order valence-electron chi connectivity index (χ2n) is 5.89. The van der Waals surface area contributed by atoms with Crippen molar-refractivity contribution in [3.8, 4) is 11.4 Å². The van der Waals surface area contributed by atoms with Crippen molar-refractivity contribution in [3.05, 3.63) is 63.1 Å². The molecule has 25 heavy (non-hydrogen) atoms. The van der Waals surface area contributed by atoms with Crippen LogP contribution in [-0.2, 0) is 11.2 Å². The third-order valence-electron chi connectivity index (χ3n) is 3.80. The molecule has 0 fully saturated rings. The monoisotopic (exact) mass is 447 g/mol. The molecule has 0 saturated heterocycles. The van der Waals surface area contributed by atoms with Crippen LogP contribution in [0.25, 0.3) is 11.4 Å². The molecule has 3 rings (SSSR count). The Labute approximate surface area is 160 Å². The number of benzene rings is 2. The molecule has 0 atom stereocenters. The molecule has 1 amide bonds. The highest BCUT2D eigenvalue weighted by molar-refractivity contribution is 14.1. The number of hydrogen-bond donors (Lipinski definition) is 1. The summed E-state index contributed by atoms with van der Waals surface area (Å²) in [7, 11) is 0. The Bertz CT molecular complexity index is 888. The van der Waals surface area contributed by atoms with Crippen molar-refractivity contribution in [2.24, 2.45) is 0 Å². The van der Waals surface area contributed by atoms with Gasteiger partial charge >= 0.3 is 0 Å². The largest absolute Gasteiger partial charge is 0.339 e. The third-order valence-corrected chi connectivity index (χ3v) is 4.96. The maximum atomic E-state index is 12.1. The van der Waals surface area contributed by atoms with E-state index in [-0.39, 0.29) is 5.91 Å². The molecule has 0 aliphatic heterocycles. The van der Waals surface area contributed by atoms with Crippen LogP contribution < -0.4 is 5.32 Å². The molecule has 0 bridgehead atoms. The van der Waals surface area contributed by atoms with Gasteiger partial charge in [-0.2, -0.15) is 4.98 Å². The molecule has 5 nitrogen and oxygen atoms in total. The Morgan fingerprint density at radius 2 is 1.92 bits per heavy atom. The summed E-state index contributed by atoms with van der Waals surface area (Å²) >= 11 is 2.25. The maximum Gasteiger partial charge on any atom is 0.227 e. The lowest BCUT2D eigenvalue weighted by Crippen LogP contribution is -2.12. The average Bonchev–Trinajstić information content (AvgIpc) is 3.06. The van der Waals surface area contributed by atoms with Gasteiger partial charge in [0, 0.05) is 27.7 Å². The standard InChI is InChI=1S/C19H18IN3O2/c1-12-3-6-14(7-4-12)19-22-18(25-23-19)10-9-17(24)21-15-8-5-13(2)16(20)11-15/h3-8,11H,9-10H2,1-2H3,(H,21,24). The number of nitrogens with one attached hydrogen (secondary N) is 1. The summed E-state index contributed by atoms with van der Waals surface area (Å²) in [5.41, 5.74) is 4.06. The van der Waals surface area contributed by atoms with E-state index in [2.05, 4.69) is 38.0 Å². The first-order valence-corrected chi connectivity index (χ1v) is 9.05. The molecule has 0 saturated carbocycles.